The predicted octanol–water partition coefficient (Wildman–Crippen LogP) is 8.28. The summed E-state index contributed by atoms with van der Waals surface area (Å²) in [6, 6.07) is 3.96. The number of rotatable bonds is 15. The summed E-state index contributed by atoms with van der Waals surface area (Å²) in [7, 11) is -8.03. The van der Waals surface area contributed by atoms with Gasteiger partial charge in [-0.2, -0.15) is 49.6 Å². The highest BCUT2D eigenvalue weighted by Gasteiger charge is 2.53. The first-order chi connectivity index (χ1) is 33.6. The molecule has 0 bridgehead atoms. The summed E-state index contributed by atoms with van der Waals surface area (Å²) < 4.78 is 188. The summed E-state index contributed by atoms with van der Waals surface area (Å²) >= 11 is 6.68. The summed E-state index contributed by atoms with van der Waals surface area (Å²) in [6.07, 6.45) is -9.73. The molecule has 3 heterocycles. The Bertz CT molecular complexity index is 3130. The molecule has 5 aromatic rings. The van der Waals surface area contributed by atoms with E-state index in [2.05, 4.69) is 36.9 Å². The molecule has 3 aromatic heterocycles. The van der Waals surface area contributed by atoms with Gasteiger partial charge in [0.1, 0.15) is 51.8 Å². The van der Waals surface area contributed by atoms with E-state index in [0.29, 0.717) is 15.1 Å². The molecule has 30 heteroatoms. The van der Waals surface area contributed by atoms with Crippen molar-refractivity contribution < 1.29 is 80.8 Å². The van der Waals surface area contributed by atoms with E-state index in [0.717, 1.165) is 49.4 Å². The van der Waals surface area contributed by atoms with Gasteiger partial charge in [-0.15, -0.1) is 0 Å². The third-order valence-electron chi connectivity index (χ3n) is 11.2. The van der Waals surface area contributed by atoms with Crippen LogP contribution in [0.25, 0.3) is 22.0 Å². The first kappa shape index (κ1) is 56.9. The molecule has 6 rings (SSSR count). The van der Waals surface area contributed by atoms with Crippen molar-refractivity contribution in [2.75, 3.05) is 37.0 Å². The standard InChI is InChI=1S/C43H42ClF10N8O8PS2/c1-22-19-41(47,48)37-32(22)36(43(52,53)54)57-60(37)20-31(63)56-30(17-23-15-24(45)18-25(46)16-23)34-27(8-7-26(55-34)11-12-40(2,3)72(5)68)28-9-10-29(44)33-35(28)61(21-42(49,50)51)58-38(33)62(73(6)69)39(64)59(4)13-14-70-71(65,66)67/h7-10,15-16,18,22,30H,13-14,17,19-21H2,1-6H3,(H,56,63)(H2,65,66,67)/t22-,30?,72?,73?/m0/s1. The maximum Gasteiger partial charge on any atom is 0.469 e. The Balaban J connectivity index is 1.62. The molecule has 2 aromatic carbocycles. The maximum absolute atomic E-state index is 15.4. The Hall–Kier alpha value is -5.43. The van der Waals surface area contributed by atoms with Gasteiger partial charge in [0, 0.05) is 66.1 Å². The second kappa shape index (κ2) is 21.1. The third kappa shape index (κ3) is 13.1. The van der Waals surface area contributed by atoms with Gasteiger partial charge in [-0.1, -0.05) is 30.5 Å². The first-order valence-electron chi connectivity index (χ1n) is 21.1. The monoisotopic (exact) mass is 1120 g/mol. The highest BCUT2D eigenvalue weighted by Crippen LogP contribution is 2.52. The number of hydrogen-bond donors (Lipinski definition) is 3. The largest absolute Gasteiger partial charge is 0.469 e. The molecule has 1 aliphatic carbocycles. The molecule has 0 radical (unpaired) electrons. The van der Waals surface area contributed by atoms with Gasteiger partial charge < -0.3 is 20.0 Å². The number of phosphoric ester groups is 1. The summed E-state index contributed by atoms with van der Waals surface area (Å²) in [4.78, 5) is 51.6. The Kier molecular flexibility index (Phi) is 16.4. The van der Waals surface area contributed by atoms with E-state index in [1.807, 2.05) is 0 Å². The Labute approximate surface area is 418 Å². The fourth-order valence-electron chi connectivity index (χ4n) is 7.89. The molecule has 1 aliphatic rings. The number of aromatic nitrogens is 5. The minimum absolute atomic E-state index is 0.172. The molecular formula is C43H42ClF10N8O8PS2. The third-order valence-corrected chi connectivity index (χ3v) is 14.4. The average Bonchev–Trinajstić information content (AvgIpc) is 3.88. The smallest absolute Gasteiger partial charge is 0.346 e. The van der Waals surface area contributed by atoms with Crippen LogP contribution in [0.4, 0.5) is 54.5 Å². The minimum atomic E-state index is -5.23. The van der Waals surface area contributed by atoms with E-state index in [-0.39, 0.29) is 37.8 Å². The van der Waals surface area contributed by atoms with Gasteiger partial charge >= 0.3 is 26.2 Å². The van der Waals surface area contributed by atoms with Crippen molar-refractivity contribution in [2.45, 2.75) is 81.7 Å². The Morgan fingerprint density at radius 3 is 2.22 bits per heavy atom. The summed E-state index contributed by atoms with van der Waals surface area (Å²) in [5, 5.41) is 9.03. The zero-order valence-electron chi connectivity index (χ0n) is 38.8. The van der Waals surface area contributed by atoms with Crippen LogP contribution in [0.15, 0.2) is 42.5 Å². The number of hydrogen-bond acceptors (Lipinski definition) is 9. The van der Waals surface area contributed by atoms with Crippen LogP contribution in [0.5, 0.6) is 0 Å². The van der Waals surface area contributed by atoms with E-state index in [1.54, 1.807) is 0 Å². The number of halogens is 11. The predicted molar refractivity (Wildman–Crippen MR) is 247 cm³/mol. The molecule has 0 fully saturated rings. The van der Waals surface area contributed by atoms with Crippen molar-refractivity contribution in [3.63, 3.8) is 0 Å². The van der Waals surface area contributed by atoms with E-state index >= 15 is 8.78 Å². The number of likely N-dealkylation sites (N-methyl/N-ethyl adjacent to an activating group) is 1. The summed E-state index contributed by atoms with van der Waals surface area (Å²) in [5.41, 5.74) is -5.50. The molecule has 0 spiro atoms. The van der Waals surface area contributed by atoms with Crippen LogP contribution in [0, 0.1) is 23.5 Å². The number of nitrogens with zero attached hydrogens (tertiary/aromatic N) is 7. The van der Waals surface area contributed by atoms with Crippen LogP contribution in [-0.2, 0) is 67.3 Å². The minimum Gasteiger partial charge on any atom is -0.346 e. The van der Waals surface area contributed by atoms with Crippen molar-refractivity contribution in [3.8, 4) is 23.0 Å². The van der Waals surface area contributed by atoms with Crippen molar-refractivity contribution in [1.29, 1.82) is 0 Å². The molecule has 0 aliphatic heterocycles. The number of anilines is 1. The van der Waals surface area contributed by atoms with Crippen LogP contribution in [-0.4, -0.2) is 103 Å². The number of nitrogens with one attached hydrogen (secondary N) is 1. The topological polar surface area (TPSA) is 202 Å². The highest BCUT2D eigenvalue weighted by molar-refractivity contribution is 7.86. The lowest BCUT2D eigenvalue weighted by Gasteiger charge is -2.25. The van der Waals surface area contributed by atoms with E-state index < -0.39 is 161 Å². The van der Waals surface area contributed by atoms with Crippen LogP contribution in [0.1, 0.15) is 73.1 Å². The van der Waals surface area contributed by atoms with Gasteiger partial charge in [0.25, 0.3) is 5.92 Å². The molecule has 4 atom stereocenters. The van der Waals surface area contributed by atoms with E-state index in [9.17, 15) is 57.7 Å². The molecule has 3 amide bonds. The first-order valence-corrected chi connectivity index (χ1v) is 26.1. The number of pyridine rings is 1. The summed E-state index contributed by atoms with van der Waals surface area (Å²) in [5.74, 6) is -4.03. The Morgan fingerprint density at radius 2 is 1.64 bits per heavy atom. The molecule has 3 unspecified atom stereocenters. The quantitative estimate of drug-likeness (QED) is 0.0518. The zero-order chi connectivity index (χ0) is 54.5. The SMILES string of the molecule is C[C@H]1CC(F)(F)c2c1c(C(F)(F)F)nn2CC(=O)NC(Cc1cc(F)cc(F)c1)c1nc(C#CC(C)(C)S(C)=O)ccc1-c1ccc(Cl)c2c(N(C(=O)N(C)CCOP(=O)(O)O)S(C)=O)nn(CC(F)(F)F)c12. The fraction of sp³-hybridized carbons (Fsp3) is 0.419. The molecule has 3 N–H and O–H groups in total. The Morgan fingerprint density at radius 1 is 1.01 bits per heavy atom. The van der Waals surface area contributed by atoms with Crippen molar-refractivity contribution in [2.24, 2.45) is 0 Å². The van der Waals surface area contributed by atoms with Crippen molar-refractivity contribution in [3.05, 3.63) is 93.0 Å². The fourth-order valence-corrected chi connectivity index (χ4v) is 9.37. The average molecular weight is 1120 g/mol. The molecule has 73 heavy (non-hydrogen) atoms. The number of fused-ring (bicyclic) bond motifs is 2. The second-order valence-electron chi connectivity index (χ2n) is 17.2. The number of phosphoric acid groups is 1. The van der Waals surface area contributed by atoms with Crippen LogP contribution in [0.3, 0.4) is 0 Å². The van der Waals surface area contributed by atoms with Gasteiger partial charge in [-0.3, -0.25) is 22.9 Å². The number of urea groups is 1. The molecule has 16 nitrogen and oxygen atoms in total. The lowest BCUT2D eigenvalue weighted by Crippen LogP contribution is -2.43. The summed E-state index contributed by atoms with van der Waals surface area (Å²) in [6.45, 7) is -0.394. The van der Waals surface area contributed by atoms with Crippen LogP contribution in [0.2, 0.25) is 5.02 Å². The zero-order valence-corrected chi connectivity index (χ0v) is 42.1. The normalized spacial score (nSPS) is 16.1. The number of alkyl halides is 8. The molecule has 0 saturated heterocycles. The van der Waals surface area contributed by atoms with Gasteiger partial charge in [0.2, 0.25) is 5.91 Å². The van der Waals surface area contributed by atoms with Gasteiger partial charge in [-0.25, -0.2) is 27.3 Å². The lowest BCUT2D eigenvalue weighted by molar-refractivity contribution is -0.143. The van der Waals surface area contributed by atoms with Gasteiger partial charge in [0.05, 0.1) is 34.3 Å². The van der Waals surface area contributed by atoms with Gasteiger partial charge in [-0.05, 0) is 68.0 Å². The number of carbonyl (C=O) groups excluding carboxylic acids is 2. The van der Waals surface area contributed by atoms with Crippen LogP contribution < -0.4 is 9.62 Å². The molecular weight excluding hydrogens is 1080 g/mol. The number of amides is 3. The second-order valence-corrected chi connectivity index (χ2v) is 22.0. The molecule has 0 saturated carbocycles. The van der Waals surface area contributed by atoms with Crippen LogP contribution >= 0.6 is 19.4 Å². The van der Waals surface area contributed by atoms with E-state index in [4.69, 9.17) is 21.4 Å². The lowest BCUT2D eigenvalue weighted by atomic mass is 9.93. The van der Waals surface area contributed by atoms with Gasteiger partial charge in [0.15, 0.2) is 11.5 Å². The highest BCUT2D eigenvalue weighted by atomic mass is 35.5. The van der Waals surface area contributed by atoms with Crippen molar-refractivity contribution >= 4 is 69.9 Å². The molecule has 396 valence electrons. The van der Waals surface area contributed by atoms with Crippen molar-refractivity contribution in [1.82, 2.24) is 34.8 Å². The number of benzene rings is 2. The maximum atomic E-state index is 15.4. The van der Waals surface area contributed by atoms with E-state index in [1.165, 1.54) is 32.2 Å². The number of carbonyl (C=O) groups is 2.